The molecule has 5 nitrogen and oxygen atoms in total. The standard InChI is InChI=1S/C23H26N4O/c1-16-11-17(2)25-21(12-16)27-10-8-23(15-27)7-9-26(22(23)28)14-18-13-24-20-6-4-3-5-19(18)20/h3-6,11-13,24H,7-10,14-15H2,1-2H3. The van der Waals surface area contributed by atoms with Crippen molar-refractivity contribution >= 4 is 22.6 Å². The van der Waals surface area contributed by atoms with Gasteiger partial charge in [-0.3, -0.25) is 4.79 Å². The number of rotatable bonds is 3. The molecule has 144 valence electrons. The first-order chi connectivity index (χ1) is 13.5. The van der Waals surface area contributed by atoms with Crippen LogP contribution in [0.3, 0.4) is 0 Å². The SMILES string of the molecule is Cc1cc(C)nc(N2CCC3(CCN(Cc4c[nH]c5ccccc45)C3=O)C2)c1. The van der Waals surface area contributed by atoms with E-state index in [1.165, 1.54) is 16.5 Å². The van der Waals surface area contributed by atoms with Crippen LogP contribution in [0.15, 0.2) is 42.6 Å². The minimum atomic E-state index is -0.245. The summed E-state index contributed by atoms with van der Waals surface area (Å²) in [5, 5.41) is 1.21. The number of para-hydroxylation sites is 1. The second-order valence-electron chi connectivity index (χ2n) is 8.43. The number of pyridine rings is 1. The molecular formula is C23H26N4O. The Morgan fingerprint density at radius 1 is 1.14 bits per heavy atom. The van der Waals surface area contributed by atoms with E-state index in [2.05, 4.69) is 47.1 Å². The molecule has 1 unspecified atom stereocenters. The summed E-state index contributed by atoms with van der Waals surface area (Å²) < 4.78 is 0. The van der Waals surface area contributed by atoms with Crippen molar-refractivity contribution in [2.45, 2.75) is 33.2 Å². The lowest BCUT2D eigenvalue weighted by Crippen LogP contribution is -2.36. The maximum atomic E-state index is 13.4. The Morgan fingerprint density at radius 2 is 1.96 bits per heavy atom. The van der Waals surface area contributed by atoms with Gasteiger partial charge in [0.1, 0.15) is 5.82 Å². The highest BCUT2D eigenvalue weighted by molar-refractivity contribution is 5.88. The first kappa shape index (κ1) is 17.3. The largest absolute Gasteiger partial charge is 0.361 e. The molecule has 2 aliphatic rings. The molecule has 28 heavy (non-hydrogen) atoms. The predicted molar refractivity (Wildman–Crippen MR) is 111 cm³/mol. The zero-order valence-corrected chi connectivity index (χ0v) is 16.5. The van der Waals surface area contributed by atoms with Gasteiger partial charge in [-0.2, -0.15) is 0 Å². The number of nitrogens with one attached hydrogen (secondary N) is 1. The lowest BCUT2D eigenvalue weighted by molar-refractivity contribution is -0.135. The lowest BCUT2D eigenvalue weighted by atomic mass is 9.85. The lowest BCUT2D eigenvalue weighted by Gasteiger charge is -2.24. The molecule has 1 aromatic carbocycles. The summed E-state index contributed by atoms with van der Waals surface area (Å²) in [6.07, 6.45) is 3.91. The maximum absolute atomic E-state index is 13.4. The molecule has 1 spiro atoms. The summed E-state index contributed by atoms with van der Waals surface area (Å²) in [5.41, 5.74) is 4.35. The fourth-order valence-corrected chi connectivity index (χ4v) is 4.94. The highest BCUT2D eigenvalue weighted by Crippen LogP contribution is 2.42. The van der Waals surface area contributed by atoms with Crippen molar-refractivity contribution in [2.75, 3.05) is 24.5 Å². The van der Waals surface area contributed by atoms with Crippen molar-refractivity contribution in [3.8, 4) is 0 Å². The van der Waals surface area contributed by atoms with Crippen molar-refractivity contribution in [3.63, 3.8) is 0 Å². The molecule has 2 aromatic heterocycles. The summed E-state index contributed by atoms with van der Waals surface area (Å²) in [7, 11) is 0. The van der Waals surface area contributed by atoms with E-state index in [0.717, 1.165) is 49.5 Å². The molecule has 2 fully saturated rings. The van der Waals surface area contributed by atoms with Gasteiger partial charge >= 0.3 is 0 Å². The molecule has 0 aliphatic carbocycles. The summed E-state index contributed by atoms with van der Waals surface area (Å²) in [6.45, 7) is 7.35. The number of hydrogen-bond acceptors (Lipinski definition) is 3. The number of anilines is 1. The third kappa shape index (κ3) is 2.77. The third-order valence-corrected chi connectivity index (χ3v) is 6.40. The summed E-state index contributed by atoms with van der Waals surface area (Å²) in [4.78, 5) is 25.7. The van der Waals surface area contributed by atoms with Gasteiger partial charge in [0, 0.05) is 49.0 Å². The minimum absolute atomic E-state index is 0.245. The van der Waals surface area contributed by atoms with Gasteiger partial charge in [-0.05, 0) is 56.0 Å². The molecule has 0 saturated carbocycles. The number of carbonyl (C=O) groups is 1. The molecule has 4 heterocycles. The molecule has 1 N–H and O–H groups in total. The number of benzene rings is 1. The van der Waals surface area contributed by atoms with Crippen LogP contribution in [0.25, 0.3) is 10.9 Å². The van der Waals surface area contributed by atoms with Crippen molar-refractivity contribution in [3.05, 3.63) is 59.4 Å². The summed E-state index contributed by atoms with van der Waals surface area (Å²) in [5.74, 6) is 1.32. The Labute approximate surface area is 165 Å². The minimum Gasteiger partial charge on any atom is -0.361 e. The van der Waals surface area contributed by atoms with Gasteiger partial charge < -0.3 is 14.8 Å². The van der Waals surface area contributed by atoms with Crippen molar-refractivity contribution in [2.24, 2.45) is 5.41 Å². The van der Waals surface area contributed by atoms with E-state index in [0.29, 0.717) is 12.5 Å². The fraction of sp³-hybridized carbons (Fsp3) is 0.391. The van der Waals surface area contributed by atoms with Crippen molar-refractivity contribution in [1.29, 1.82) is 0 Å². The molecule has 2 saturated heterocycles. The second-order valence-corrected chi connectivity index (χ2v) is 8.43. The fourth-order valence-electron chi connectivity index (χ4n) is 4.94. The number of fused-ring (bicyclic) bond motifs is 1. The van der Waals surface area contributed by atoms with Gasteiger partial charge in [0.15, 0.2) is 0 Å². The maximum Gasteiger partial charge on any atom is 0.231 e. The summed E-state index contributed by atoms with van der Waals surface area (Å²) in [6, 6.07) is 12.5. The quantitative estimate of drug-likeness (QED) is 0.758. The Kier molecular flexibility index (Phi) is 3.93. The van der Waals surface area contributed by atoms with Gasteiger partial charge in [0.05, 0.1) is 5.41 Å². The van der Waals surface area contributed by atoms with Crippen LogP contribution >= 0.6 is 0 Å². The van der Waals surface area contributed by atoms with Gasteiger partial charge in [-0.1, -0.05) is 18.2 Å². The van der Waals surface area contributed by atoms with Gasteiger partial charge in [0.2, 0.25) is 5.91 Å². The Balaban J connectivity index is 1.34. The molecule has 3 aromatic rings. The smallest absolute Gasteiger partial charge is 0.231 e. The van der Waals surface area contributed by atoms with Crippen LogP contribution in [-0.4, -0.2) is 40.4 Å². The number of aromatic amines is 1. The molecule has 1 amide bonds. The topological polar surface area (TPSA) is 52.2 Å². The number of carbonyl (C=O) groups excluding carboxylic acids is 1. The zero-order chi connectivity index (χ0) is 19.3. The molecule has 0 bridgehead atoms. The number of nitrogens with zero attached hydrogens (tertiary/aromatic N) is 3. The van der Waals surface area contributed by atoms with Crippen LogP contribution in [0, 0.1) is 19.3 Å². The predicted octanol–water partition coefficient (Wildman–Crippen LogP) is 3.81. The summed E-state index contributed by atoms with van der Waals surface area (Å²) >= 11 is 0. The first-order valence-corrected chi connectivity index (χ1v) is 10.1. The average molecular weight is 374 g/mol. The second kappa shape index (κ2) is 6.36. The van der Waals surface area contributed by atoms with E-state index in [1.54, 1.807) is 0 Å². The van der Waals surface area contributed by atoms with E-state index in [1.807, 2.05) is 24.1 Å². The Bertz CT molecular complexity index is 1040. The van der Waals surface area contributed by atoms with Crippen LogP contribution in [0.4, 0.5) is 5.82 Å². The van der Waals surface area contributed by atoms with Crippen LogP contribution in [-0.2, 0) is 11.3 Å². The number of likely N-dealkylation sites (tertiary alicyclic amines) is 1. The molecule has 1 atom stereocenters. The number of amides is 1. The molecule has 0 radical (unpaired) electrons. The van der Waals surface area contributed by atoms with Crippen LogP contribution < -0.4 is 4.90 Å². The molecule has 5 rings (SSSR count). The monoisotopic (exact) mass is 374 g/mol. The van der Waals surface area contributed by atoms with Crippen LogP contribution in [0.1, 0.15) is 29.7 Å². The highest BCUT2D eigenvalue weighted by atomic mass is 16.2. The van der Waals surface area contributed by atoms with E-state index in [9.17, 15) is 4.79 Å². The van der Waals surface area contributed by atoms with Crippen molar-refractivity contribution in [1.82, 2.24) is 14.9 Å². The third-order valence-electron chi connectivity index (χ3n) is 6.40. The molecule has 2 aliphatic heterocycles. The first-order valence-electron chi connectivity index (χ1n) is 10.1. The molecule has 5 heteroatoms. The zero-order valence-electron chi connectivity index (χ0n) is 16.5. The van der Waals surface area contributed by atoms with E-state index < -0.39 is 0 Å². The van der Waals surface area contributed by atoms with E-state index >= 15 is 0 Å². The number of aryl methyl sites for hydroxylation is 2. The number of aromatic nitrogens is 2. The van der Waals surface area contributed by atoms with Gasteiger partial charge in [-0.15, -0.1) is 0 Å². The number of hydrogen-bond donors (Lipinski definition) is 1. The molecular weight excluding hydrogens is 348 g/mol. The average Bonchev–Trinajstić information content (AvgIpc) is 3.36. The normalized spacial score (nSPS) is 22.1. The van der Waals surface area contributed by atoms with Crippen LogP contribution in [0.5, 0.6) is 0 Å². The number of H-pyrrole nitrogens is 1. The van der Waals surface area contributed by atoms with Crippen molar-refractivity contribution < 1.29 is 4.79 Å². The van der Waals surface area contributed by atoms with E-state index in [-0.39, 0.29) is 5.41 Å². The van der Waals surface area contributed by atoms with Gasteiger partial charge in [0.25, 0.3) is 0 Å². The Hall–Kier alpha value is -2.82. The Morgan fingerprint density at radius 3 is 2.82 bits per heavy atom. The van der Waals surface area contributed by atoms with E-state index in [4.69, 9.17) is 4.98 Å². The van der Waals surface area contributed by atoms with Gasteiger partial charge in [-0.25, -0.2) is 4.98 Å². The van der Waals surface area contributed by atoms with Crippen LogP contribution in [0.2, 0.25) is 0 Å². The highest BCUT2D eigenvalue weighted by Gasteiger charge is 2.50.